The molecule has 6 heteroatoms. The van der Waals surface area contributed by atoms with E-state index in [-0.39, 0.29) is 11.8 Å². The van der Waals surface area contributed by atoms with Gasteiger partial charge in [0, 0.05) is 26.2 Å². The number of hydrogen-bond donors (Lipinski definition) is 0. The summed E-state index contributed by atoms with van der Waals surface area (Å²) in [5.41, 5.74) is 2.34. The molecule has 0 saturated carbocycles. The monoisotopic (exact) mass is 433 g/mol. The number of ether oxygens (including phenoxy) is 1. The van der Waals surface area contributed by atoms with E-state index in [1.165, 1.54) is 4.90 Å². The van der Waals surface area contributed by atoms with E-state index < -0.39 is 0 Å². The van der Waals surface area contributed by atoms with Gasteiger partial charge in [0.1, 0.15) is 11.4 Å². The van der Waals surface area contributed by atoms with Gasteiger partial charge in [0.25, 0.3) is 11.8 Å². The van der Waals surface area contributed by atoms with Crippen molar-refractivity contribution in [1.29, 1.82) is 0 Å². The van der Waals surface area contributed by atoms with Crippen molar-refractivity contribution in [2.45, 2.75) is 20.8 Å². The molecule has 32 heavy (non-hydrogen) atoms. The summed E-state index contributed by atoms with van der Waals surface area (Å²) >= 11 is 0. The number of carbonyl (C=O) groups excluding carboxylic acids is 2. The van der Waals surface area contributed by atoms with E-state index in [2.05, 4.69) is 30.6 Å². The van der Waals surface area contributed by atoms with Gasteiger partial charge in [0.2, 0.25) is 0 Å². The molecule has 0 aliphatic carbocycles. The van der Waals surface area contributed by atoms with Crippen molar-refractivity contribution < 1.29 is 14.3 Å². The third kappa shape index (κ3) is 4.41. The second-order valence-corrected chi connectivity index (χ2v) is 8.66. The summed E-state index contributed by atoms with van der Waals surface area (Å²) in [5.74, 6) is 0.623. The number of anilines is 1. The van der Waals surface area contributed by atoms with Gasteiger partial charge in [0.05, 0.1) is 17.9 Å². The van der Waals surface area contributed by atoms with Crippen LogP contribution in [0.3, 0.4) is 0 Å². The van der Waals surface area contributed by atoms with Crippen LogP contribution in [0.4, 0.5) is 5.69 Å². The quantitative estimate of drug-likeness (QED) is 0.624. The number of rotatable bonds is 7. The Bertz CT molecular complexity index is 991. The molecule has 2 aliphatic rings. The third-order valence-electron chi connectivity index (χ3n) is 5.94. The van der Waals surface area contributed by atoms with Crippen molar-refractivity contribution in [2.75, 3.05) is 44.2 Å². The highest BCUT2D eigenvalue weighted by Crippen LogP contribution is 2.35. The molecule has 0 unspecified atom stereocenters. The summed E-state index contributed by atoms with van der Waals surface area (Å²) in [6, 6.07) is 16.7. The molecule has 0 atom stereocenters. The van der Waals surface area contributed by atoms with Gasteiger partial charge in [-0.05, 0) is 42.3 Å². The fourth-order valence-corrected chi connectivity index (χ4v) is 4.15. The molecule has 168 valence electrons. The summed E-state index contributed by atoms with van der Waals surface area (Å²) in [7, 11) is 0. The van der Waals surface area contributed by atoms with E-state index in [0.29, 0.717) is 29.5 Å². The lowest BCUT2D eigenvalue weighted by atomic mass is 10.0. The number of imide groups is 1. The maximum atomic E-state index is 13.6. The van der Waals surface area contributed by atoms with Crippen LogP contribution in [0.1, 0.15) is 26.3 Å². The second-order valence-electron chi connectivity index (χ2n) is 8.66. The number of carbonyl (C=O) groups is 2. The summed E-state index contributed by atoms with van der Waals surface area (Å²) < 4.78 is 5.75. The molecule has 0 bridgehead atoms. The molecule has 0 aromatic heterocycles. The lowest BCUT2D eigenvalue weighted by Gasteiger charge is -2.36. The van der Waals surface area contributed by atoms with Gasteiger partial charge in [-0.3, -0.25) is 9.59 Å². The van der Waals surface area contributed by atoms with Gasteiger partial charge in [0.15, 0.2) is 0 Å². The van der Waals surface area contributed by atoms with Crippen molar-refractivity contribution >= 4 is 23.1 Å². The van der Waals surface area contributed by atoms with Crippen molar-refractivity contribution in [3.05, 3.63) is 65.9 Å². The molecular weight excluding hydrogens is 402 g/mol. The Labute approximate surface area is 190 Å². The number of hydrogen-bond acceptors (Lipinski definition) is 5. The number of benzene rings is 2. The summed E-state index contributed by atoms with van der Waals surface area (Å²) in [6.07, 6.45) is 0. The zero-order valence-electron chi connectivity index (χ0n) is 19.1. The van der Waals surface area contributed by atoms with Crippen molar-refractivity contribution in [3.8, 4) is 5.75 Å². The van der Waals surface area contributed by atoms with E-state index in [0.717, 1.165) is 44.0 Å². The Balaban J connectivity index is 1.65. The SMILES string of the molecule is CCN1CCN(C2=C(c3ccccc3)C(=O)N(c3ccc(OCC(C)C)cc3)C2=O)CC1. The van der Waals surface area contributed by atoms with Crippen molar-refractivity contribution in [1.82, 2.24) is 9.80 Å². The first-order chi connectivity index (χ1) is 15.5. The van der Waals surface area contributed by atoms with Crippen LogP contribution in [0.25, 0.3) is 5.57 Å². The van der Waals surface area contributed by atoms with Gasteiger partial charge < -0.3 is 14.5 Å². The fourth-order valence-electron chi connectivity index (χ4n) is 4.15. The van der Waals surface area contributed by atoms with Gasteiger partial charge in [-0.15, -0.1) is 0 Å². The number of likely N-dealkylation sites (N-methyl/N-ethyl adjacent to an activating group) is 1. The van der Waals surface area contributed by atoms with Crippen LogP contribution in [0, 0.1) is 5.92 Å². The highest BCUT2D eigenvalue weighted by Gasteiger charge is 2.42. The standard InChI is InChI=1S/C26H31N3O3/c1-4-27-14-16-28(17-15-27)24-23(20-8-6-5-7-9-20)25(30)29(26(24)31)21-10-12-22(13-11-21)32-18-19(2)3/h5-13,19H,4,14-18H2,1-3H3. The molecule has 2 aliphatic heterocycles. The smallest absolute Gasteiger partial charge is 0.282 e. The predicted molar refractivity (Wildman–Crippen MR) is 126 cm³/mol. The molecular formula is C26H31N3O3. The van der Waals surface area contributed by atoms with Crippen molar-refractivity contribution in [2.24, 2.45) is 5.92 Å². The lowest BCUT2D eigenvalue weighted by molar-refractivity contribution is -0.120. The second kappa shape index (κ2) is 9.57. The first-order valence-corrected chi connectivity index (χ1v) is 11.4. The Morgan fingerprint density at radius 3 is 2.12 bits per heavy atom. The predicted octanol–water partition coefficient (Wildman–Crippen LogP) is 3.64. The van der Waals surface area contributed by atoms with Crippen LogP contribution in [0.2, 0.25) is 0 Å². The highest BCUT2D eigenvalue weighted by atomic mass is 16.5. The molecule has 0 N–H and O–H groups in total. The van der Waals surface area contributed by atoms with Crippen LogP contribution < -0.4 is 9.64 Å². The minimum atomic E-state index is -0.273. The van der Waals surface area contributed by atoms with Crippen molar-refractivity contribution in [3.63, 3.8) is 0 Å². The normalized spacial score (nSPS) is 17.6. The lowest BCUT2D eigenvalue weighted by Crippen LogP contribution is -2.47. The van der Waals surface area contributed by atoms with E-state index in [4.69, 9.17) is 4.74 Å². The van der Waals surface area contributed by atoms with Gasteiger partial charge in [-0.1, -0.05) is 51.1 Å². The Hall–Kier alpha value is -3.12. The van der Waals surface area contributed by atoms with Gasteiger partial charge in [-0.25, -0.2) is 4.90 Å². The van der Waals surface area contributed by atoms with Crippen LogP contribution in [-0.2, 0) is 9.59 Å². The van der Waals surface area contributed by atoms with Gasteiger partial charge >= 0.3 is 0 Å². The van der Waals surface area contributed by atoms with Crippen LogP contribution in [-0.4, -0.2) is 60.9 Å². The third-order valence-corrected chi connectivity index (χ3v) is 5.94. The summed E-state index contributed by atoms with van der Waals surface area (Å²) in [6.45, 7) is 11.2. The average molecular weight is 434 g/mol. The van der Waals surface area contributed by atoms with Crippen LogP contribution in [0.15, 0.2) is 60.3 Å². The summed E-state index contributed by atoms with van der Waals surface area (Å²) in [5, 5.41) is 0. The number of amides is 2. The number of piperazine rings is 1. The van der Waals surface area contributed by atoms with Crippen LogP contribution in [0.5, 0.6) is 5.75 Å². The Morgan fingerprint density at radius 1 is 0.875 bits per heavy atom. The summed E-state index contributed by atoms with van der Waals surface area (Å²) in [4.78, 5) is 32.9. The molecule has 2 amide bonds. The first kappa shape index (κ1) is 22.1. The topological polar surface area (TPSA) is 53.1 Å². The van der Waals surface area contributed by atoms with Gasteiger partial charge in [-0.2, -0.15) is 0 Å². The average Bonchev–Trinajstić information content (AvgIpc) is 3.08. The first-order valence-electron chi connectivity index (χ1n) is 11.4. The van der Waals surface area contributed by atoms with E-state index in [1.54, 1.807) is 12.1 Å². The molecule has 0 spiro atoms. The molecule has 6 nitrogen and oxygen atoms in total. The molecule has 1 saturated heterocycles. The molecule has 4 rings (SSSR count). The largest absolute Gasteiger partial charge is 0.493 e. The molecule has 2 aromatic rings. The van der Waals surface area contributed by atoms with Crippen LogP contribution >= 0.6 is 0 Å². The zero-order chi connectivity index (χ0) is 22.7. The fraction of sp³-hybridized carbons (Fsp3) is 0.385. The molecule has 2 heterocycles. The Morgan fingerprint density at radius 2 is 1.53 bits per heavy atom. The van der Waals surface area contributed by atoms with E-state index in [1.807, 2.05) is 42.5 Å². The molecule has 1 fully saturated rings. The molecule has 0 radical (unpaired) electrons. The highest BCUT2D eigenvalue weighted by molar-refractivity contribution is 6.45. The Kier molecular flexibility index (Phi) is 6.61. The zero-order valence-corrected chi connectivity index (χ0v) is 19.1. The van der Waals surface area contributed by atoms with E-state index in [9.17, 15) is 9.59 Å². The maximum absolute atomic E-state index is 13.6. The minimum Gasteiger partial charge on any atom is -0.493 e. The maximum Gasteiger partial charge on any atom is 0.282 e. The van der Waals surface area contributed by atoms with E-state index >= 15 is 0 Å². The number of nitrogens with zero attached hydrogens (tertiary/aromatic N) is 3. The molecule has 2 aromatic carbocycles. The minimum absolute atomic E-state index is 0.255.